The Kier molecular flexibility index (Phi) is 4.50. The maximum absolute atomic E-state index is 12.4. The summed E-state index contributed by atoms with van der Waals surface area (Å²) in [7, 11) is 0. The molecule has 9 heteroatoms. The zero-order chi connectivity index (χ0) is 17.8. The summed E-state index contributed by atoms with van der Waals surface area (Å²) in [6.07, 6.45) is 5.59. The molecule has 9 nitrogen and oxygen atoms in total. The fourth-order valence-electron chi connectivity index (χ4n) is 2.93. The van der Waals surface area contributed by atoms with Crippen LogP contribution >= 0.6 is 0 Å². The number of hydrogen-bond donors (Lipinski definition) is 1. The molecule has 1 fully saturated rings. The van der Waals surface area contributed by atoms with Crippen molar-refractivity contribution in [1.29, 1.82) is 0 Å². The van der Waals surface area contributed by atoms with Crippen LogP contribution in [0, 0.1) is 0 Å². The zero-order valence-electron chi connectivity index (χ0n) is 14.1. The van der Waals surface area contributed by atoms with Crippen molar-refractivity contribution in [2.24, 2.45) is 0 Å². The van der Waals surface area contributed by atoms with E-state index in [1.165, 1.54) is 23.9 Å². The van der Waals surface area contributed by atoms with Crippen LogP contribution in [0.5, 0.6) is 0 Å². The van der Waals surface area contributed by atoms with Crippen LogP contribution in [0.3, 0.4) is 0 Å². The molecule has 132 valence electrons. The second-order valence-corrected chi connectivity index (χ2v) is 6.01. The maximum Gasteiger partial charge on any atom is 0.251 e. The van der Waals surface area contributed by atoms with Crippen molar-refractivity contribution in [2.45, 2.75) is 19.4 Å². The zero-order valence-corrected chi connectivity index (χ0v) is 14.1. The molecule has 3 aromatic rings. The molecule has 0 bridgehead atoms. The quantitative estimate of drug-likeness (QED) is 0.732. The summed E-state index contributed by atoms with van der Waals surface area (Å²) in [5.74, 6) is 1.32. The molecular weight excluding hydrogens is 332 g/mol. The van der Waals surface area contributed by atoms with Crippen molar-refractivity contribution in [1.82, 2.24) is 35.5 Å². The number of rotatable bonds is 5. The van der Waals surface area contributed by atoms with Crippen LogP contribution in [0.1, 0.15) is 29.0 Å². The van der Waals surface area contributed by atoms with Gasteiger partial charge in [0.15, 0.2) is 0 Å². The molecule has 1 aromatic carbocycles. The highest BCUT2D eigenvalue weighted by Crippen LogP contribution is 2.17. The topological polar surface area (TPSA) is 102 Å². The Morgan fingerprint density at radius 1 is 1.19 bits per heavy atom. The average Bonchev–Trinajstić information content (AvgIpc) is 3.40. The molecular formula is C17H18N8O. The average molecular weight is 350 g/mol. The predicted octanol–water partition coefficient (Wildman–Crippen LogP) is 0.982. The van der Waals surface area contributed by atoms with Crippen molar-refractivity contribution in [2.75, 3.05) is 18.0 Å². The summed E-state index contributed by atoms with van der Waals surface area (Å²) in [4.78, 5) is 23.5. The van der Waals surface area contributed by atoms with Crippen LogP contribution in [0.15, 0.2) is 42.9 Å². The Morgan fingerprint density at radius 2 is 2.08 bits per heavy atom. The van der Waals surface area contributed by atoms with E-state index < -0.39 is 0 Å². The number of carbonyl (C=O) groups is 1. The normalized spacial score (nSPS) is 13.8. The van der Waals surface area contributed by atoms with Crippen molar-refractivity contribution < 1.29 is 4.79 Å². The van der Waals surface area contributed by atoms with Gasteiger partial charge in [-0.1, -0.05) is 6.07 Å². The molecule has 1 aliphatic heterocycles. The van der Waals surface area contributed by atoms with Crippen molar-refractivity contribution in [3.05, 3.63) is 54.2 Å². The first-order valence-electron chi connectivity index (χ1n) is 8.48. The fraction of sp³-hybridized carbons (Fsp3) is 0.294. The summed E-state index contributed by atoms with van der Waals surface area (Å²) in [6, 6.07) is 9.00. The third-order valence-corrected chi connectivity index (χ3v) is 4.25. The van der Waals surface area contributed by atoms with Crippen LogP contribution in [0.4, 0.5) is 5.82 Å². The number of anilines is 1. The van der Waals surface area contributed by atoms with Crippen LogP contribution in [-0.2, 0) is 6.54 Å². The summed E-state index contributed by atoms with van der Waals surface area (Å²) in [5.41, 5.74) is 1.24. The summed E-state index contributed by atoms with van der Waals surface area (Å²) in [5, 5.41) is 13.9. The van der Waals surface area contributed by atoms with Gasteiger partial charge in [-0.3, -0.25) is 4.79 Å². The molecule has 0 radical (unpaired) electrons. The van der Waals surface area contributed by atoms with Gasteiger partial charge in [-0.05, 0) is 47.5 Å². The first-order chi connectivity index (χ1) is 12.8. The van der Waals surface area contributed by atoms with Gasteiger partial charge in [0, 0.05) is 24.8 Å². The molecule has 0 saturated carbocycles. The van der Waals surface area contributed by atoms with Gasteiger partial charge in [-0.15, -0.1) is 5.10 Å². The van der Waals surface area contributed by atoms with Gasteiger partial charge in [0.1, 0.15) is 18.0 Å². The lowest BCUT2D eigenvalue weighted by Gasteiger charge is -2.16. The van der Waals surface area contributed by atoms with Gasteiger partial charge in [0.2, 0.25) is 0 Å². The number of tetrazole rings is 1. The van der Waals surface area contributed by atoms with Gasteiger partial charge in [0.25, 0.3) is 5.91 Å². The number of carbonyl (C=O) groups excluding carboxylic acids is 1. The molecule has 0 unspecified atom stereocenters. The highest BCUT2D eigenvalue weighted by atomic mass is 16.1. The van der Waals surface area contributed by atoms with E-state index in [4.69, 9.17) is 0 Å². The fourth-order valence-corrected chi connectivity index (χ4v) is 2.93. The minimum absolute atomic E-state index is 0.199. The lowest BCUT2D eigenvalue weighted by Crippen LogP contribution is -2.25. The Morgan fingerprint density at radius 3 is 2.88 bits per heavy atom. The third-order valence-electron chi connectivity index (χ3n) is 4.25. The van der Waals surface area contributed by atoms with Crippen LogP contribution in [0.25, 0.3) is 5.69 Å². The maximum atomic E-state index is 12.4. The van der Waals surface area contributed by atoms with Crippen molar-refractivity contribution >= 4 is 11.7 Å². The molecule has 1 amide bonds. The number of nitrogens with one attached hydrogen (secondary N) is 1. The molecule has 4 rings (SSSR count). The van der Waals surface area contributed by atoms with Gasteiger partial charge < -0.3 is 10.2 Å². The van der Waals surface area contributed by atoms with Crippen LogP contribution < -0.4 is 10.2 Å². The van der Waals surface area contributed by atoms with Crippen LogP contribution in [-0.4, -0.2) is 49.2 Å². The highest BCUT2D eigenvalue weighted by Gasteiger charge is 2.14. The molecule has 1 saturated heterocycles. The Bertz CT molecular complexity index is 889. The summed E-state index contributed by atoms with van der Waals surface area (Å²) < 4.78 is 1.50. The van der Waals surface area contributed by atoms with Gasteiger partial charge in [-0.25, -0.2) is 14.6 Å². The SMILES string of the molecule is O=C(NCc1nccc(N2CCCC2)n1)c1cccc(-n2cnnn2)c1. The molecule has 1 N–H and O–H groups in total. The number of amides is 1. The Labute approximate surface area is 150 Å². The lowest BCUT2D eigenvalue weighted by molar-refractivity contribution is 0.0950. The monoisotopic (exact) mass is 350 g/mol. The minimum Gasteiger partial charge on any atom is -0.357 e. The predicted molar refractivity (Wildman–Crippen MR) is 93.8 cm³/mol. The molecule has 0 atom stereocenters. The van der Waals surface area contributed by atoms with Gasteiger partial charge in [-0.2, -0.15) is 0 Å². The summed E-state index contributed by atoms with van der Waals surface area (Å²) in [6.45, 7) is 2.31. The Hall–Kier alpha value is -3.36. The second kappa shape index (κ2) is 7.26. The van der Waals surface area contributed by atoms with Gasteiger partial charge in [0.05, 0.1) is 12.2 Å². The lowest BCUT2D eigenvalue weighted by atomic mass is 10.2. The van der Waals surface area contributed by atoms with Crippen molar-refractivity contribution in [3.63, 3.8) is 0 Å². The van der Waals surface area contributed by atoms with E-state index in [1.807, 2.05) is 12.1 Å². The first kappa shape index (κ1) is 16.1. The number of aromatic nitrogens is 6. The minimum atomic E-state index is -0.199. The van der Waals surface area contributed by atoms with E-state index in [9.17, 15) is 4.79 Å². The largest absolute Gasteiger partial charge is 0.357 e. The van der Waals surface area contributed by atoms with E-state index in [0.29, 0.717) is 11.4 Å². The molecule has 3 heterocycles. The third kappa shape index (κ3) is 3.51. The number of benzene rings is 1. The second-order valence-electron chi connectivity index (χ2n) is 6.01. The van der Waals surface area contributed by atoms with E-state index in [0.717, 1.165) is 24.6 Å². The standard InChI is InChI=1S/C17H18N8O/c26-17(13-4-3-5-14(10-13)25-12-20-22-23-25)19-11-15-18-7-6-16(21-15)24-8-1-2-9-24/h3-7,10,12H,1-2,8-9,11H2,(H,19,26). The van der Waals surface area contributed by atoms with E-state index in [2.05, 4.69) is 35.7 Å². The molecule has 26 heavy (non-hydrogen) atoms. The number of nitrogens with zero attached hydrogens (tertiary/aromatic N) is 7. The van der Waals surface area contributed by atoms with E-state index >= 15 is 0 Å². The smallest absolute Gasteiger partial charge is 0.251 e. The highest BCUT2D eigenvalue weighted by molar-refractivity contribution is 5.94. The number of hydrogen-bond acceptors (Lipinski definition) is 7. The molecule has 0 spiro atoms. The summed E-state index contributed by atoms with van der Waals surface area (Å²) >= 11 is 0. The van der Waals surface area contributed by atoms with E-state index in [-0.39, 0.29) is 12.5 Å². The first-order valence-corrected chi connectivity index (χ1v) is 8.48. The van der Waals surface area contributed by atoms with Crippen molar-refractivity contribution in [3.8, 4) is 5.69 Å². The van der Waals surface area contributed by atoms with Crippen LogP contribution in [0.2, 0.25) is 0 Å². The molecule has 2 aromatic heterocycles. The Balaban J connectivity index is 1.43. The molecule has 1 aliphatic rings. The van der Waals surface area contributed by atoms with Gasteiger partial charge >= 0.3 is 0 Å². The molecule has 0 aliphatic carbocycles. The van der Waals surface area contributed by atoms with E-state index in [1.54, 1.807) is 24.4 Å².